The zero-order valence-electron chi connectivity index (χ0n) is 9.35. The molecule has 1 aromatic heterocycles. The zero-order chi connectivity index (χ0) is 11.0. The summed E-state index contributed by atoms with van der Waals surface area (Å²) in [4.78, 5) is 8.70. The van der Waals surface area contributed by atoms with Gasteiger partial charge in [-0.2, -0.15) is 4.98 Å². The Balaban J connectivity index is 1.76. The number of hydrogen-bond acceptors (Lipinski definition) is 4. The first-order chi connectivity index (χ1) is 7.81. The third kappa shape index (κ3) is 2.10. The Morgan fingerprint density at radius 3 is 2.56 bits per heavy atom. The van der Waals surface area contributed by atoms with E-state index in [0.29, 0.717) is 23.7 Å². The molecule has 2 saturated carbocycles. The van der Waals surface area contributed by atoms with E-state index in [1.165, 1.54) is 25.7 Å². The Morgan fingerprint density at radius 1 is 1.12 bits per heavy atom. The van der Waals surface area contributed by atoms with Crippen LogP contribution in [0.3, 0.4) is 0 Å². The van der Waals surface area contributed by atoms with Gasteiger partial charge in [0.2, 0.25) is 5.88 Å². The molecule has 4 heteroatoms. The van der Waals surface area contributed by atoms with Crippen molar-refractivity contribution in [3.63, 3.8) is 0 Å². The van der Waals surface area contributed by atoms with Crippen molar-refractivity contribution in [1.82, 2.24) is 9.97 Å². The Bertz CT molecular complexity index is 384. The maximum Gasteiger partial charge on any atom is 0.219 e. The van der Waals surface area contributed by atoms with Crippen molar-refractivity contribution in [3.8, 4) is 5.88 Å². The maximum atomic E-state index is 5.84. The number of nitrogens with zero attached hydrogens (tertiary/aromatic N) is 2. The fourth-order valence-corrected chi connectivity index (χ4v) is 2.22. The molecule has 0 aliphatic heterocycles. The first-order valence-electron chi connectivity index (χ1n) is 6.12. The van der Waals surface area contributed by atoms with E-state index >= 15 is 0 Å². The molecule has 2 N–H and O–H groups in total. The third-order valence-corrected chi connectivity index (χ3v) is 3.27. The van der Waals surface area contributed by atoms with Crippen LogP contribution in [0, 0.1) is 0 Å². The number of hydrogen-bond donors (Lipinski definition) is 1. The Labute approximate surface area is 95.2 Å². The first-order valence-corrected chi connectivity index (χ1v) is 6.12. The fraction of sp³-hybridized carbons (Fsp3) is 0.667. The van der Waals surface area contributed by atoms with Crippen LogP contribution in [0.15, 0.2) is 6.07 Å². The molecule has 86 valence electrons. The van der Waals surface area contributed by atoms with Crippen molar-refractivity contribution in [2.24, 2.45) is 0 Å². The van der Waals surface area contributed by atoms with E-state index < -0.39 is 0 Å². The average molecular weight is 219 g/mol. The summed E-state index contributed by atoms with van der Waals surface area (Å²) < 4.78 is 5.84. The quantitative estimate of drug-likeness (QED) is 0.847. The topological polar surface area (TPSA) is 61.0 Å². The normalized spacial score (nSPS) is 21.2. The molecule has 2 aliphatic rings. The van der Waals surface area contributed by atoms with E-state index in [9.17, 15) is 0 Å². The van der Waals surface area contributed by atoms with Gasteiger partial charge < -0.3 is 10.5 Å². The number of rotatable bonds is 3. The standard InChI is InChI=1S/C12H17N3O/c13-10-7-11(16-9-3-1-2-4-9)15-12(14-10)8-5-6-8/h7-9H,1-6H2,(H2,13,14,15). The van der Waals surface area contributed by atoms with Crippen molar-refractivity contribution < 1.29 is 4.74 Å². The van der Waals surface area contributed by atoms with E-state index in [0.717, 1.165) is 18.7 Å². The highest BCUT2D eigenvalue weighted by atomic mass is 16.5. The SMILES string of the molecule is Nc1cc(OC2CCCC2)nc(C2CC2)n1. The van der Waals surface area contributed by atoms with Crippen LogP contribution in [0.2, 0.25) is 0 Å². The minimum atomic E-state index is 0.335. The second-order valence-corrected chi connectivity index (χ2v) is 4.79. The molecule has 0 aromatic carbocycles. The molecule has 0 unspecified atom stereocenters. The monoisotopic (exact) mass is 219 g/mol. The molecule has 0 radical (unpaired) electrons. The van der Waals surface area contributed by atoms with Gasteiger partial charge in [0.15, 0.2) is 0 Å². The molecule has 0 spiro atoms. The summed E-state index contributed by atoms with van der Waals surface area (Å²) in [5, 5.41) is 0. The van der Waals surface area contributed by atoms with Crippen LogP contribution in [0.1, 0.15) is 50.3 Å². The number of aromatic nitrogens is 2. The van der Waals surface area contributed by atoms with Crippen molar-refractivity contribution in [1.29, 1.82) is 0 Å². The summed E-state index contributed by atoms with van der Waals surface area (Å²) in [5.74, 6) is 2.59. The third-order valence-electron chi connectivity index (χ3n) is 3.27. The average Bonchev–Trinajstić information content (AvgIpc) is 2.98. The second kappa shape index (κ2) is 3.92. The van der Waals surface area contributed by atoms with Crippen molar-refractivity contribution >= 4 is 5.82 Å². The highest BCUT2D eigenvalue weighted by molar-refractivity contribution is 5.34. The summed E-state index contributed by atoms with van der Waals surface area (Å²) in [6, 6.07) is 1.74. The molecule has 0 atom stereocenters. The summed E-state index contributed by atoms with van der Waals surface area (Å²) in [5.41, 5.74) is 5.77. The van der Waals surface area contributed by atoms with Crippen LogP contribution in [0.4, 0.5) is 5.82 Å². The van der Waals surface area contributed by atoms with Crippen LogP contribution in [0.25, 0.3) is 0 Å². The van der Waals surface area contributed by atoms with Crippen LogP contribution < -0.4 is 10.5 Å². The number of nitrogen functional groups attached to an aromatic ring is 1. The minimum Gasteiger partial charge on any atom is -0.474 e. The van der Waals surface area contributed by atoms with Gasteiger partial charge in [0, 0.05) is 12.0 Å². The van der Waals surface area contributed by atoms with Gasteiger partial charge in [0.25, 0.3) is 0 Å². The molecule has 16 heavy (non-hydrogen) atoms. The lowest BCUT2D eigenvalue weighted by atomic mass is 10.3. The van der Waals surface area contributed by atoms with Gasteiger partial charge in [-0.1, -0.05) is 0 Å². The van der Waals surface area contributed by atoms with Gasteiger partial charge in [-0.05, 0) is 38.5 Å². The van der Waals surface area contributed by atoms with E-state index in [1.807, 2.05) is 0 Å². The molecule has 3 rings (SSSR count). The molecule has 0 saturated heterocycles. The molecule has 1 heterocycles. The van der Waals surface area contributed by atoms with Gasteiger partial charge in [-0.15, -0.1) is 0 Å². The summed E-state index contributed by atoms with van der Waals surface area (Å²) in [6.07, 6.45) is 7.52. The molecule has 0 bridgehead atoms. The van der Waals surface area contributed by atoms with Gasteiger partial charge in [0.1, 0.15) is 17.7 Å². The van der Waals surface area contributed by atoms with Gasteiger partial charge >= 0.3 is 0 Å². The molecular weight excluding hydrogens is 202 g/mol. The van der Waals surface area contributed by atoms with Crippen molar-refractivity contribution in [2.45, 2.75) is 50.5 Å². The minimum absolute atomic E-state index is 0.335. The molecule has 2 aliphatic carbocycles. The van der Waals surface area contributed by atoms with Gasteiger partial charge in [0.05, 0.1) is 0 Å². The van der Waals surface area contributed by atoms with Crippen LogP contribution in [-0.4, -0.2) is 16.1 Å². The summed E-state index contributed by atoms with van der Waals surface area (Å²) in [6.45, 7) is 0. The lowest BCUT2D eigenvalue weighted by Gasteiger charge is -2.12. The Hall–Kier alpha value is -1.32. The number of ether oxygens (including phenoxy) is 1. The highest BCUT2D eigenvalue weighted by Gasteiger charge is 2.28. The summed E-state index contributed by atoms with van der Waals surface area (Å²) >= 11 is 0. The fourth-order valence-electron chi connectivity index (χ4n) is 2.22. The van der Waals surface area contributed by atoms with Crippen LogP contribution in [-0.2, 0) is 0 Å². The lowest BCUT2D eigenvalue weighted by molar-refractivity contribution is 0.200. The second-order valence-electron chi connectivity index (χ2n) is 4.79. The first kappa shape index (κ1) is 9.87. The molecular formula is C12H17N3O. The lowest BCUT2D eigenvalue weighted by Crippen LogP contribution is -2.13. The Morgan fingerprint density at radius 2 is 1.88 bits per heavy atom. The number of nitrogens with two attached hydrogens (primary N) is 1. The van der Waals surface area contributed by atoms with E-state index in [-0.39, 0.29) is 0 Å². The summed E-state index contributed by atoms with van der Waals surface area (Å²) in [7, 11) is 0. The smallest absolute Gasteiger partial charge is 0.219 e. The highest BCUT2D eigenvalue weighted by Crippen LogP contribution is 2.39. The molecule has 1 aromatic rings. The van der Waals surface area contributed by atoms with Crippen molar-refractivity contribution in [3.05, 3.63) is 11.9 Å². The van der Waals surface area contributed by atoms with Crippen LogP contribution in [0.5, 0.6) is 5.88 Å². The maximum absolute atomic E-state index is 5.84. The van der Waals surface area contributed by atoms with Crippen molar-refractivity contribution in [2.75, 3.05) is 5.73 Å². The van der Waals surface area contributed by atoms with E-state index in [4.69, 9.17) is 10.5 Å². The molecule has 2 fully saturated rings. The van der Waals surface area contributed by atoms with Gasteiger partial charge in [-0.25, -0.2) is 4.98 Å². The van der Waals surface area contributed by atoms with Crippen LogP contribution >= 0.6 is 0 Å². The Kier molecular flexibility index (Phi) is 2.42. The predicted octanol–water partition coefficient (Wildman–Crippen LogP) is 2.26. The number of anilines is 1. The van der Waals surface area contributed by atoms with E-state index in [2.05, 4.69) is 9.97 Å². The molecule has 4 nitrogen and oxygen atoms in total. The van der Waals surface area contributed by atoms with E-state index in [1.54, 1.807) is 6.07 Å². The van der Waals surface area contributed by atoms with Gasteiger partial charge in [-0.3, -0.25) is 0 Å². The predicted molar refractivity (Wildman–Crippen MR) is 61.3 cm³/mol. The zero-order valence-corrected chi connectivity index (χ0v) is 9.35. The largest absolute Gasteiger partial charge is 0.474 e. The molecule has 0 amide bonds.